The minimum atomic E-state index is -0.297. The van der Waals surface area contributed by atoms with Gasteiger partial charge >= 0.3 is 0 Å². The average molecular weight is 422 g/mol. The second-order valence-corrected chi connectivity index (χ2v) is 8.06. The Morgan fingerprint density at radius 2 is 2.03 bits per heavy atom. The van der Waals surface area contributed by atoms with Gasteiger partial charge in [-0.3, -0.25) is 9.59 Å². The highest BCUT2D eigenvalue weighted by molar-refractivity contribution is 7.13. The van der Waals surface area contributed by atoms with E-state index < -0.39 is 0 Å². The molecule has 0 spiro atoms. The van der Waals surface area contributed by atoms with E-state index >= 15 is 0 Å². The van der Waals surface area contributed by atoms with Gasteiger partial charge in [0.25, 0.3) is 5.91 Å². The van der Waals surface area contributed by atoms with Crippen LogP contribution in [0.15, 0.2) is 59.1 Å². The first-order valence-corrected chi connectivity index (χ1v) is 10.9. The van der Waals surface area contributed by atoms with Crippen molar-refractivity contribution >= 4 is 29.4 Å². The van der Waals surface area contributed by atoms with Crippen molar-refractivity contribution in [2.24, 2.45) is 5.10 Å². The summed E-state index contributed by atoms with van der Waals surface area (Å²) in [7, 11) is 0. The Hall–Kier alpha value is -3.26. The van der Waals surface area contributed by atoms with E-state index in [0.717, 1.165) is 41.1 Å². The van der Waals surface area contributed by atoms with E-state index in [1.54, 1.807) is 27.1 Å². The molecule has 3 aromatic rings. The Bertz CT molecular complexity index is 1030. The molecule has 2 amide bonds. The molecule has 1 fully saturated rings. The molecule has 30 heavy (non-hydrogen) atoms. The van der Waals surface area contributed by atoms with Gasteiger partial charge in [-0.25, -0.2) is 10.1 Å². The molecule has 0 saturated carbocycles. The number of aromatic nitrogens is 2. The third kappa shape index (κ3) is 4.83. The third-order valence-electron chi connectivity index (χ3n) is 4.92. The van der Waals surface area contributed by atoms with E-state index in [1.807, 2.05) is 54.0 Å². The monoisotopic (exact) mass is 421 g/mol. The molecule has 0 radical (unpaired) electrons. The number of likely N-dealkylation sites (tertiary alicyclic amines) is 1. The predicted molar refractivity (Wildman–Crippen MR) is 118 cm³/mol. The summed E-state index contributed by atoms with van der Waals surface area (Å²) in [6.07, 6.45) is 6.86. The van der Waals surface area contributed by atoms with Crippen LogP contribution in [0.5, 0.6) is 0 Å². The van der Waals surface area contributed by atoms with E-state index in [9.17, 15) is 9.59 Å². The molecule has 7 nitrogen and oxygen atoms in total. The first kappa shape index (κ1) is 20.0. The Labute approximate surface area is 179 Å². The molecule has 0 aliphatic carbocycles. The van der Waals surface area contributed by atoms with Gasteiger partial charge in [0.1, 0.15) is 12.2 Å². The zero-order chi connectivity index (χ0) is 20.8. The average Bonchev–Trinajstić information content (AvgIpc) is 3.39. The molecule has 0 atom stereocenters. The van der Waals surface area contributed by atoms with Crippen LogP contribution in [-0.4, -0.2) is 45.8 Å². The van der Waals surface area contributed by atoms with Gasteiger partial charge in [-0.15, -0.1) is 11.3 Å². The highest BCUT2D eigenvalue weighted by Gasteiger charge is 2.19. The number of nitrogens with zero attached hydrogens (tertiary/aromatic N) is 4. The van der Waals surface area contributed by atoms with Crippen molar-refractivity contribution in [2.45, 2.75) is 25.7 Å². The van der Waals surface area contributed by atoms with Crippen LogP contribution in [0.2, 0.25) is 0 Å². The number of hydrogen-bond donors (Lipinski definition) is 1. The topological polar surface area (TPSA) is 79.6 Å². The maximum absolute atomic E-state index is 12.3. The Morgan fingerprint density at radius 3 is 2.83 bits per heavy atom. The lowest BCUT2D eigenvalue weighted by molar-refractivity contribution is -0.135. The second-order valence-electron chi connectivity index (χ2n) is 7.11. The molecule has 0 unspecified atom stereocenters. The van der Waals surface area contributed by atoms with E-state index in [4.69, 9.17) is 5.10 Å². The molecule has 2 aromatic heterocycles. The van der Waals surface area contributed by atoms with Gasteiger partial charge in [-0.1, -0.05) is 30.7 Å². The van der Waals surface area contributed by atoms with Gasteiger partial charge in [0.15, 0.2) is 0 Å². The fraction of sp³-hybridized carbons (Fsp3) is 0.273. The van der Waals surface area contributed by atoms with Crippen LogP contribution < -0.4 is 5.43 Å². The van der Waals surface area contributed by atoms with Crippen molar-refractivity contribution in [1.82, 2.24) is 20.1 Å². The summed E-state index contributed by atoms with van der Waals surface area (Å²) in [6, 6.07) is 13.8. The minimum absolute atomic E-state index is 0.0377. The maximum atomic E-state index is 12.3. The lowest BCUT2D eigenvalue weighted by Crippen LogP contribution is -2.39. The van der Waals surface area contributed by atoms with Gasteiger partial charge in [0.2, 0.25) is 5.91 Å². The number of hydrogen-bond acceptors (Lipinski definition) is 5. The minimum Gasteiger partial charge on any atom is -0.333 e. The molecule has 3 heterocycles. The Kier molecular flexibility index (Phi) is 6.34. The first-order valence-electron chi connectivity index (χ1n) is 9.99. The number of thiophene rings is 1. The number of hydrazone groups is 1. The van der Waals surface area contributed by atoms with Crippen LogP contribution in [0.4, 0.5) is 0 Å². The molecule has 1 saturated heterocycles. The zero-order valence-corrected chi connectivity index (χ0v) is 17.3. The number of nitrogens with one attached hydrogen (secondary N) is 1. The molecule has 8 heteroatoms. The molecule has 1 N–H and O–H groups in total. The van der Waals surface area contributed by atoms with E-state index in [0.29, 0.717) is 13.0 Å². The van der Waals surface area contributed by atoms with Crippen molar-refractivity contribution < 1.29 is 9.59 Å². The number of carbonyl (C=O) groups excluding carboxylic acids is 2. The molecular formula is C22H23N5O2S. The molecule has 0 bridgehead atoms. The van der Waals surface area contributed by atoms with Crippen LogP contribution in [0.3, 0.4) is 0 Å². The standard InChI is InChI=1S/C22H23N5O2S/c28-20(16-26-12-6-2-5-11-21(26)29)24-23-14-17-15-27(18-8-3-1-4-9-18)25-22(17)19-10-7-13-30-19/h1,3-4,7-10,13-15H,2,5-6,11-12,16H2,(H,24,28)/b23-14-. The summed E-state index contributed by atoms with van der Waals surface area (Å²) in [5.41, 5.74) is 5.09. The summed E-state index contributed by atoms with van der Waals surface area (Å²) in [4.78, 5) is 27.0. The van der Waals surface area contributed by atoms with E-state index in [1.165, 1.54) is 0 Å². The number of carbonyl (C=O) groups is 2. The normalized spacial score (nSPS) is 14.8. The summed E-state index contributed by atoms with van der Waals surface area (Å²) in [6.45, 7) is 0.666. The summed E-state index contributed by atoms with van der Waals surface area (Å²) < 4.78 is 1.80. The van der Waals surface area contributed by atoms with Crippen LogP contribution in [0.25, 0.3) is 16.3 Å². The summed E-state index contributed by atoms with van der Waals surface area (Å²) in [5, 5.41) is 10.8. The van der Waals surface area contributed by atoms with Crippen molar-refractivity contribution in [1.29, 1.82) is 0 Å². The van der Waals surface area contributed by atoms with Crippen LogP contribution >= 0.6 is 11.3 Å². The Morgan fingerprint density at radius 1 is 1.17 bits per heavy atom. The molecular weight excluding hydrogens is 398 g/mol. The maximum Gasteiger partial charge on any atom is 0.259 e. The SMILES string of the molecule is O=C(CN1CCCCCC1=O)N/N=C\c1cn(-c2ccccc2)nc1-c1cccs1. The van der Waals surface area contributed by atoms with Gasteiger partial charge < -0.3 is 4.90 Å². The largest absolute Gasteiger partial charge is 0.333 e. The van der Waals surface area contributed by atoms with Crippen LogP contribution in [0.1, 0.15) is 31.2 Å². The quantitative estimate of drug-likeness (QED) is 0.489. The van der Waals surface area contributed by atoms with Gasteiger partial charge in [-0.05, 0) is 36.4 Å². The molecule has 1 aliphatic heterocycles. The number of rotatable bonds is 6. The second kappa shape index (κ2) is 9.49. The van der Waals surface area contributed by atoms with Crippen LogP contribution in [0, 0.1) is 0 Å². The van der Waals surface area contributed by atoms with Crippen molar-refractivity contribution in [3.05, 3.63) is 59.6 Å². The smallest absolute Gasteiger partial charge is 0.259 e. The number of benzene rings is 1. The summed E-state index contributed by atoms with van der Waals surface area (Å²) in [5.74, 6) is -0.259. The molecule has 154 valence electrons. The van der Waals surface area contributed by atoms with Gasteiger partial charge in [-0.2, -0.15) is 10.2 Å². The van der Waals surface area contributed by atoms with Gasteiger partial charge in [0, 0.05) is 24.7 Å². The fourth-order valence-electron chi connectivity index (χ4n) is 3.39. The van der Waals surface area contributed by atoms with E-state index in [-0.39, 0.29) is 18.4 Å². The van der Waals surface area contributed by atoms with Crippen molar-refractivity contribution in [2.75, 3.05) is 13.1 Å². The number of amides is 2. The molecule has 1 aromatic carbocycles. The highest BCUT2D eigenvalue weighted by atomic mass is 32.1. The van der Waals surface area contributed by atoms with Crippen molar-refractivity contribution in [3.8, 4) is 16.3 Å². The van der Waals surface area contributed by atoms with E-state index in [2.05, 4.69) is 10.5 Å². The van der Waals surface area contributed by atoms with Crippen LogP contribution in [-0.2, 0) is 9.59 Å². The Balaban J connectivity index is 1.48. The first-order chi connectivity index (χ1) is 14.7. The zero-order valence-electron chi connectivity index (χ0n) is 16.5. The highest BCUT2D eigenvalue weighted by Crippen LogP contribution is 2.26. The number of para-hydroxylation sites is 1. The predicted octanol–water partition coefficient (Wildman–Crippen LogP) is 3.45. The fourth-order valence-corrected chi connectivity index (χ4v) is 4.12. The molecule has 4 rings (SSSR count). The third-order valence-corrected chi connectivity index (χ3v) is 5.79. The lowest BCUT2D eigenvalue weighted by atomic mass is 10.2. The summed E-state index contributed by atoms with van der Waals surface area (Å²) >= 11 is 1.59. The van der Waals surface area contributed by atoms with Gasteiger partial charge in [0.05, 0.1) is 16.8 Å². The lowest BCUT2D eigenvalue weighted by Gasteiger charge is -2.18. The van der Waals surface area contributed by atoms with Crippen molar-refractivity contribution in [3.63, 3.8) is 0 Å². The molecule has 1 aliphatic rings.